The number of rotatable bonds is 1. The van der Waals surface area contributed by atoms with Gasteiger partial charge in [-0.15, -0.1) is 0 Å². The Bertz CT molecular complexity index is 796. The summed E-state index contributed by atoms with van der Waals surface area (Å²) in [5, 5.41) is 0. The van der Waals surface area contributed by atoms with Gasteiger partial charge in [-0.2, -0.15) is 0 Å². The van der Waals surface area contributed by atoms with Crippen molar-refractivity contribution in [2.24, 2.45) is 0 Å². The van der Waals surface area contributed by atoms with Crippen LogP contribution in [0.5, 0.6) is 5.75 Å². The molecular weight excluding hydrogens is 285 g/mol. The fourth-order valence-electron chi connectivity index (χ4n) is 3.08. The molecule has 22 heavy (non-hydrogen) atoms. The maximum Gasteiger partial charge on any atom is 0.266 e. The predicted octanol–water partition coefficient (Wildman–Crippen LogP) is 2.95. The van der Waals surface area contributed by atoms with E-state index in [2.05, 4.69) is 0 Å². The van der Waals surface area contributed by atoms with Gasteiger partial charge in [0.25, 0.3) is 11.8 Å². The molecule has 2 aliphatic rings. The van der Waals surface area contributed by atoms with Crippen LogP contribution in [0.3, 0.4) is 0 Å². The van der Waals surface area contributed by atoms with Crippen molar-refractivity contribution in [2.75, 3.05) is 4.90 Å². The van der Waals surface area contributed by atoms with Crippen LogP contribution in [0.15, 0.2) is 36.4 Å². The predicted molar refractivity (Wildman–Crippen MR) is 77.8 cm³/mol. The van der Waals surface area contributed by atoms with Crippen LogP contribution in [0, 0.1) is 5.82 Å². The smallest absolute Gasteiger partial charge is 0.266 e. The normalized spacial score (nSPS) is 19.2. The summed E-state index contributed by atoms with van der Waals surface area (Å²) in [5.41, 5.74) is 1.20. The zero-order chi connectivity index (χ0) is 15.4. The van der Waals surface area contributed by atoms with Crippen LogP contribution >= 0.6 is 0 Å². The summed E-state index contributed by atoms with van der Waals surface area (Å²) in [6.45, 7) is 1.87. The number of halogens is 1. The lowest BCUT2D eigenvalue weighted by Gasteiger charge is -2.17. The zero-order valence-electron chi connectivity index (χ0n) is 11.8. The van der Waals surface area contributed by atoms with Crippen LogP contribution in [0.25, 0.3) is 0 Å². The summed E-state index contributed by atoms with van der Waals surface area (Å²) in [6.07, 6.45) is 0.362. The summed E-state index contributed by atoms with van der Waals surface area (Å²) in [4.78, 5) is 26.0. The molecule has 4 nitrogen and oxygen atoms in total. The molecule has 0 aromatic heterocycles. The van der Waals surface area contributed by atoms with Gasteiger partial charge in [0.2, 0.25) is 0 Å². The summed E-state index contributed by atoms with van der Waals surface area (Å²) in [6, 6.07) is 9.30. The van der Waals surface area contributed by atoms with Crippen LogP contribution in [0.1, 0.15) is 33.2 Å². The van der Waals surface area contributed by atoms with Gasteiger partial charge in [0.15, 0.2) is 0 Å². The first kappa shape index (κ1) is 13.0. The molecule has 0 spiro atoms. The molecule has 2 amide bonds. The van der Waals surface area contributed by atoms with E-state index in [9.17, 15) is 14.0 Å². The molecule has 1 unspecified atom stereocenters. The number of benzene rings is 2. The fraction of sp³-hybridized carbons (Fsp3) is 0.176. The second kappa shape index (κ2) is 4.40. The summed E-state index contributed by atoms with van der Waals surface area (Å²) in [5.74, 6) is -1.05. The Hall–Kier alpha value is -2.69. The van der Waals surface area contributed by atoms with Crippen LogP contribution in [-0.4, -0.2) is 17.9 Å². The first-order chi connectivity index (χ1) is 10.6. The highest BCUT2D eigenvalue weighted by atomic mass is 19.1. The lowest BCUT2D eigenvalue weighted by atomic mass is 10.1. The van der Waals surface area contributed by atoms with E-state index in [1.54, 1.807) is 24.3 Å². The van der Waals surface area contributed by atoms with Crippen LogP contribution in [-0.2, 0) is 6.42 Å². The maximum atomic E-state index is 14.4. The molecule has 0 aliphatic carbocycles. The van der Waals surface area contributed by atoms with Crippen LogP contribution in [0.4, 0.5) is 10.1 Å². The molecular formula is C17H12FNO3. The van der Waals surface area contributed by atoms with Crippen molar-refractivity contribution in [1.82, 2.24) is 0 Å². The highest BCUT2D eigenvalue weighted by Crippen LogP contribution is 2.41. The van der Waals surface area contributed by atoms with Gasteiger partial charge in [-0.1, -0.05) is 12.1 Å². The minimum atomic E-state index is -0.592. The van der Waals surface area contributed by atoms with Crippen molar-refractivity contribution in [3.63, 3.8) is 0 Å². The van der Waals surface area contributed by atoms with Crippen molar-refractivity contribution in [3.05, 3.63) is 58.9 Å². The Balaban J connectivity index is 1.91. The molecule has 0 radical (unpaired) electrons. The van der Waals surface area contributed by atoms with E-state index in [4.69, 9.17) is 4.74 Å². The standard InChI is InChI=1S/C17H12FNO3/c1-9-8-12-14(22-9)7-6-13(18)15(12)19-16(20)10-4-2-3-5-11(10)17(19)21/h2-7,9H,8H2,1H3. The topological polar surface area (TPSA) is 46.6 Å². The highest BCUT2D eigenvalue weighted by Gasteiger charge is 2.40. The molecule has 0 bridgehead atoms. The Morgan fingerprint density at radius 2 is 1.73 bits per heavy atom. The molecule has 2 aliphatic heterocycles. The zero-order valence-corrected chi connectivity index (χ0v) is 11.8. The Kier molecular flexibility index (Phi) is 2.60. The van der Waals surface area contributed by atoms with Crippen LogP contribution < -0.4 is 9.64 Å². The van der Waals surface area contributed by atoms with Crippen molar-refractivity contribution in [3.8, 4) is 5.75 Å². The number of carbonyl (C=O) groups excluding carboxylic acids is 2. The maximum absolute atomic E-state index is 14.4. The number of anilines is 1. The average molecular weight is 297 g/mol. The largest absolute Gasteiger partial charge is 0.490 e. The van der Waals surface area contributed by atoms with Crippen molar-refractivity contribution in [1.29, 1.82) is 0 Å². The third kappa shape index (κ3) is 1.62. The van der Waals surface area contributed by atoms with E-state index in [-0.39, 0.29) is 11.8 Å². The lowest BCUT2D eigenvalue weighted by molar-refractivity contribution is 0.0924. The van der Waals surface area contributed by atoms with Crippen molar-refractivity contribution in [2.45, 2.75) is 19.4 Å². The average Bonchev–Trinajstić information content (AvgIpc) is 3.00. The number of hydrogen-bond acceptors (Lipinski definition) is 3. The summed E-state index contributed by atoms with van der Waals surface area (Å²) >= 11 is 0. The molecule has 0 saturated heterocycles. The van der Waals surface area contributed by atoms with E-state index in [1.165, 1.54) is 12.1 Å². The van der Waals surface area contributed by atoms with Gasteiger partial charge in [0.1, 0.15) is 17.7 Å². The number of hydrogen-bond donors (Lipinski definition) is 0. The molecule has 0 saturated carbocycles. The molecule has 110 valence electrons. The molecule has 5 heteroatoms. The van der Waals surface area contributed by atoms with E-state index in [0.29, 0.717) is 28.9 Å². The third-order valence-electron chi connectivity index (χ3n) is 4.03. The number of nitrogens with zero attached hydrogens (tertiary/aromatic N) is 1. The molecule has 4 rings (SSSR count). The molecule has 0 N–H and O–H groups in total. The first-order valence-electron chi connectivity index (χ1n) is 7.04. The molecule has 2 aromatic carbocycles. The van der Waals surface area contributed by atoms with E-state index >= 15 is 0 Å². The number of carbonyl (C=O) groups is 2. The minimum Gasteiger partial charge on any atom is -0.490 e. The SMILES string of the molecule is CC1Cc2c(ccc(F)c2N2C(=O)c3ccccc3C2=O)O1. The number of amides is 2. The minimum absolute atomic E-state index is 0.0213. The summed E-state index contributed by atoms with van der Waals surface area (Å²) in [7, 11) is 0. The van der Waals surface area contributed by atoms with Crippen molar-refractivity contribution < 1.29 is 18.7 Å². The molecule has 0 fully saturated rings. The Morgan fingerprint density at radius 3 is 2.36 bits per heavy atom. The number of imide groups is 1. The van der Waals surface area contributed by atoms with Gasteiger partial charge in [0.05, 0.1) is 16.8 Å². The number of fused-ring (bicyclic) bond motifs is 2. The second-order valence-electron chi connectivity index (χ2n) is 5.50. The van der Waals surface area contributed by atoms with Gasteiger partial charge in [-0.05, 0) is 31.2 Å². The van der Waals surface area contributed by atoms with Gasteiger partial charge >= 0.3 is 0 Å². The lowest BCUT2D eigenvalue weighted by Crippen LogP contribution is -2.31. The van der Waals surface area contributed by atoms with Gasteiger partial charge in [-0.3, -0.25) is 9.59 Å². The quantitative estimate of drug-likeness (QED) is 0.760. The van der Waals surface area contributed by atoms with Crippen LogP contribution in [0.2, 0.25) is 0 Å². The second-order valence-corrected chi connectivity index (χ2v) is 5.50. The van der Waals surface area contributed by atoms with E-state index < -0.39 is 17.6 Å². The van der Waals surface area contributed by atoms with Gasteiger partial charge in [0, 0.05) is 12.0 Å². The van der Waals surface area contributed by atoms with Gasteiger partial charge in [-0.25, -0.2) is 9.29 Å². The Labute approximate surface area is 126 Å². The van der Waals surface area contributed by atoms with E-state index in [0.717, 1.165) is 4.90 Å². The molecule has 2 aromatic rings. The Morgan fingerprint density at radius 1 is 1.09 bits per heavy atom. The fourth-order valence-corrected chi connectivity index (χ4v) is 3.08. The first-order valence-corrected chi connectivity index (χ1v) is 7.04. The third-order valence-corrected chi connectivity index (χ3v) is 4.03. The van der Waals surface area contributed by atoms with Gasteiger partial charge < -0.3 is 4.74 Å². The molecule has 2 heterocycles. The monoisotopic (exact) mass is 297 g/mol. The summed E-state index contributed by atoms with van der Waals surface area (Å²) < 4.78 is 20.0. The van der Waals surface area contributed by atoms with E-state index in [1.807, 2.05) is 6.92 Å². The highest BCUT2D eigenvalue weighted by molar-refractivity contribution is 6.34. The number of ether oxygens (including phenoxy) is 1. The molecule has 1 atom stereocenters. The van der Waals surface area contributed by atoms with Crippen molar-refractivity contribution >= 4 is 17.5 Å².